The first-order valence-corrected chi connectivity index (χ1v) is 8.80. The van der Waals surface area contributed by atoms with Crippen LogP contribution in [0.15, 0.2) is 46.8 Å². The number of aromatic nitrogens is 3. The molecule has 1 unspecified atom stereocenters. The van der Waals surface area contributed by atoms with Crippen molar-refractivity contribution in [3.63, 3.8) is 0 Å². The highest BCUT2D eigenvalue weighted by atomic mass is 32.2. The van der Waals surface area contributed by atoms with Gasteiger partial charge in [-0.3, -0.25) is 9.97 Å². The number of nitrogens with zero attached hydrogens (tertiary/aromatic N) is 3. The Bertz CT molecular complexity index is 864. The predicted octanol–water partition coefficient (Wildman–Crippen LogP) is 0.174. The molecular formula is C11H9N3O4S2. The van der Waals surface area contributed by atoms with Crippen LogP contribution in [0.2, 0.25) is 0 Å². The Balaban J connectivity index is 2.19. The fourth-order valence-corrected chi connectivity index (χ4v) is 6.12. The molecule has 20 heavy (non-hydrogen) atoms. The molecule has 0 aliphatic carbocycles. The summed E-state index contributed by atoms with van der Waals surface area (Å²) in [5.41, 5.74) is -0.0173. The Kier molecular flexibility index (Phi) is 2.83. The zero-order valence-corrected chi connectivity index (χ0v) is 11.7. The van der Waals surface area contributed by atoms with Crippen LogP contribution in [0.25, 0.3) is 0 Å². The van der Waals surface area contributed by atoms with Crippen LogP contribution in [-0.4, -0.2) is 37.5 Å². The lowest BCUT2D eigenvalue weighted by molar-refractivity contribution is 0.581. The lowest BCUT2D eigenvalue weighted by atomic mass is 10.3. The van der Waals surface area contributed by atoms with E-state index in [9.17, 15) is 16.8 Å². The van der Waals surface area contributed by atoms with Gasteiger partial charge in [-0.15, -0.1) is 0 Å². The van der Waals surface area contributed by atoms with Crippen molar-refractivity contribution in [2.45, 2.75) is 15.2 Å². The SMILES string of the molecule is O=S1(=O)CC(S(=O)(=O)c2cccnc2)c2nccnc21. The van der Waals surface area contributed by atoms with Gasteiger partial charge >= 0.3 is 0 Å². The average Bonchev–Trinajstić information content (AvgIpc) is 2.73. The van der Waals surface area contributed by atoms with Gasteiger partial charge in [0.05, 0.1) is 16.3 Å². The topological polar surface area (TPSA) is 107 Å². The number of sulfone groups is 2. The summed E-state index contributed by atoms with van der Waals surface area (Å²) in [6.45, 7) is 0. The van der Waals surface area contributed by atoms with E-state index >= 15 is 0 Å². The van der Waals surface area contributed by atoms with E-state index in [1.807, 2.05) is 0 Å². The zero-order chi connectivity index (χ0) is 14.4. The Morgan fingerprint density at radius 2 is 1.90 bits per heavy atom. The Morgan fingerprint density at radius 1 is 1.15 bits per heavy atom. The van der Waals surface area contributed by atoms with Crippen molar-refractivity contribution in [3.05, 3.63) is 42.6 Å². The molecule has 1 aliphatic rings. The second kappa shape index (κ2) is 4.32. The van der Waals surface area contributed by atoms with E-state index in [0.717, 1.165) is 0 Å². The highest BCUT2D eigenvalue weighted by molar-refractivity contribution is 7.96. The van der Waals surface area contributed by atoms with Crippen LogP contribution < -0.4 is 0 Å². The third-order valence-corrected chi connectivity index (χ3v) is 6.92. The lowest BCUT2D eigenvalue weighted by Gasteiger charge is -2.09. The highest BCUT2D eigenvalue weighted by Crippen LogP contribution is 2.38. The normalized spacial score (nSPS) is 20.5. The summed E-state index contributed by atoms with van der Waals surface area (Å²) in [4.78, 5) is 11.3. The number of pyridine rings is 1. The summed E-state index contributed by atoms with van der Waals surface area (Å²) in [5.74, 6) is -0.538. The number of hydrogen-bond acceptors (Lipinski definition) is 7. The van der Waals surface area contributed by atoms with Crippen molar-refractivity contribution >= 4 is 19.7 Å². The minimum Gasteiger partial charge on any atom is -0.263 e. The van der Waals surface area contributed by atoms with Gasteiger partial charge in [-0.1, -0.05) is 0 Å². The quantitative estimate of drug-likeness (QED) is 0.778. The van der Waals surface area contributed by atoms with Crippen LogP contribution in [0, 0.1) is 0 Å². The molecule has 9 heteroatoms. The van der Waals surface area contributed by atoms with Gasteiger partial charge in [-0.2, -0.15) is 0 Å². The fourth-order valence-electron chi connectivity index (χ4n) is 2.07. The van der Waals surface area contributed by atoms with Gasteiger partial charge in [0.2, 0.25) is 0 Å². The van der Waals surface area contributed by atoms with E-state index in [-0.39, 0.29) is 15.6 Å². The highest BCUT2D eigenvalue weighted by Gasteiger charge is 2.45. The monoisotopic (exact) mass is 311 g/mol. The average molecular weight is 311 g/mol. The van der Waals surface area contributed by atoms with Crippen LogP contribution in [0.3, 0.4) is 0 Å². The molecule has 0 amide bonds. The minimum absolute atomic E-state index is 0.0173. The molecule has 2 aromatic rings. The van der Waals surface area contributed by atoms with Crippen molar-refractivity contribution in [1.82, 2.24) is 15.0 Å². The molecule has 0 radical (unpaired) electrons. The Hall–Kier alpha value is -1.87. The maximum atomic E-state index is 12.5. The van der Waals surface area contributed by atoms with Crippen molar-refractivity contribution in [2.75, 3.05) is 5.75 Å². The molecule has 7 nitrogen and oxygen atoms in total. The molecule has 0 spiro atoms. The molecule has 0 aromatic carbocycles. The van der Waals surface area contributed by atoms with Crippen molar-refractivity contribution in [1.29, 1.82) is 0 Å². The summed E-state index contributed by atoms with van der Waals surface area (Å²) in [5, 5.41) is -1.49. The molecule has 1 atom stereocenters. The van der Waals surface area contributed by atoms with Crippen molar-refractivity contribution in [3.8, 4) is 0 Å². The second-order valence-electron chi connectivity index (χ2n) is 4.25. The molecule has 2 aromatic heterocycles. The van der Waals surface area contributed by atoms with Crippen molar-refractivity contribution in [2.24, 2.45) is 0 Å². The third kappa shape index (κ3) is 1.90. The van der Waals surface area contributed by atoms with E-state index in [2.05, 4.69) is 15.0 Å². The summed E-state index contributed by atoms with van der Waals surface area (Å²) < 4.78 is 48.9. The van der Waals surface area contributed by atoms with Crippen LogP contribution in [0.4, 0.5) is 0 Å². The standard InChI is InChI=1S/C11H9N3O4S2/c15-19(16)7-9(10-11(19)14-5-4-13-10)20(17,18)8-2-1-3-12-6-8/h1-6,9H,7H2. The van der Waals surface area contributed by atoms with Crippen LogP contribution in [-0.2, 0) is 19.7 Å². The summed E-state index contributed by atoms with van der Waals surface area (Å²) in [7, 11) is -7.59. The van der Waals surface area contributed by atoms with Gasteiger partial charge in [0.25, 0.3) is 0 Å². The molecule has 104 valence electrons. The molecule has 0 saturated carbocycles. The molecule has 3 rings (SSSR count). The molecule has 0 N–H and O–H groups in total. The summed E-state index contributed by atoms with van der Waals surface area (Å²) >= 11 is 0. The Morgan fingerprint density at radius 3 is 2.60 bits per heavy atom. The maximum absolute atomic E-state index is 12.5. The molecule has 0 saturated heterocycles. The van der Waals surface area contributed by atoms with Gasteiger partial charge in [0.1, 0.15) is 5.25 Å². The van der Waals surface area contributed by atoms with E-state index in [1.54, 1.807) is 0 Å². The number of fused-ring (bicyclic) bond motifs is 1. The largest absolute Gasteiger partial charge is 0.263 e. The van der Waals surface area contributed by atoms with Crippen LogP contribution in [0.5, 0.6) is 0 Å². The summed E-state index contributed by atoms with van der Waals surface area (Å²) in [6, 6.07) is 2.86. The first-order valence-electron chi connectivity index (χ1n) is 5.60. The summed E-state index contributed by atoms with van der Waals surface area (Å²) in [6.07, 6.45) is 5.15. The number of rotatable bonds is 2. The predicted molar refractivity (Wildman–Crippen MR) is 68.2 cm³/mol. The maximum Gasteiger partial charge on any atom is 0.199 e. The molecule has 3 heterocycles. The van der Waals surface area contributed by atoms with Gasteiger partial charge in [0, 0.05) is 24.8 Å². The first-order chi connectivity index (χ1) is 9.43. The Labute approximate surface area is 115 Å². The first kappa shape index (κ1) is 13.1. The van der Waals surface area contributed by atoms with E-state index in [4.69, 9.17) is 0 Å². The van der Waals surface area contributed by atoms with E-state index in [1.165, 1.54) is 36.9 Å². The van der Waals surface area contributed by atoms with Gasteiger partial charge in [0.15, 0.2) is 24.7 Å². The number of hydrogen-bond donors (Lipinski definition) is 0. The fraction of sp³-hybridized carbons (Fsp3) is 0.182. The smallest absolute Gasteiger partial charge is 0.199 e. The van der Waals surface area contributed by atoms with Gasteiger partial charge in [-0.25, -0.2) is 21.8 Å². The molecule has 1 aliphatic heterocycles. The van der Waals surface area contributed by atoms with Gasteiger partial charge < -0.3 is 0 Å². The van der Waals surface area contributed by atoms with Crippen LogP contribution in [0.1, 0.15) is 10.9 Å². The van der Waals surface area contributed by atoms with E-state index in [0.29, 0.717) is 0 Å². The van der Waals surface area contributed by atoms with Crippen LogP contribution >= 0.6 is 0 Å². The molecule has 0 fully saturated rings. The van der Waals surface area contributed by atoms with Gasteiger partial charge in [-0.05, 0) is 12.1 Å². The zero-order valence-electron chi connectivity index (χ0n) is 10.0. The lowest BCUT2D eigenvalue weighted by Crippen LogP contribution is -2.16. The minimum atomic E-state index is -3.87. The second-order valence-corrected chi connectivity index (χ2v) is 8.33. The molecular weight excluding hydrogens is 302 g/mol. The molecule has 0 bridgehead atoms. The third-order valence-electron chi connectivity index (χ3n) is 3.00. The van der Waals surface area contributed by atoms with E-state index < -0.39 is 30.7 Å². The van der Waals surface area contributed by atoms with Crippen molar-refractivity contribution < 1.29 is 16.8 Å².